The molecule has 2 saturated heterocycles. The molecule has 0 radical (unpaired) electrons. The summed E-state index contributed by atoms with van der Waals surface area (Å²) >= 11 is 0. The molecule has 2 fully saturated rings. The van der Waals surface area contributed by atoms with Gasteiger partial charge in [-0.05, 0) is 18.2 Å². The smallest absolute Gasteiger partial charge is 0.303 e. The third kappa shape index (κ3) is 8.05. The number of carbonyl (C=O) groups excluding carboxylic acids is 5. The summed E-state index contributed by atoms with van der Waals surface area (Å²) in [5.74, 6) is -2.89. The highest BCUT2D eigenvalue weighted by atomic mass is 16.7. The highest BCUT2D eigenvalue weighted by Gasteiger charge is 2.53. The van der Waals surface area contributed by atoms with Crippen LogP contribution >= 0.6 is 0 Å². The Balaban J connectivity index is 1.96. The van der Waals surface area contributed by atoms with Crippen molar-refractivity contribution in [1.82, 2.24) is 4.90 Å². The summed E-state index contributed by atoms with van der Waals surface area (Å²) in [5, 5.41) is 0. The van der Waals surface area contributed by atoms with Crippen LogP contribution in [0.25, 0.3) is 0 Å². The van der Waals surface area contributed by atoms with Crippen molar-refractivity contribution in [3.8, 4) is 11.5 Å². The van der Waals surface area contributed by atoms with Crippen LogP contribution in [0.4, 0.5) is 0 Å². The summed E-state index contributed by atoms with van der Waals surface area (Å²) in [6.07, 6.45) is -6.76. The number of hydrogen-bond acceptors (Lipinski definition) is 13. The van der Waals surface area contributed by atoms with E-state index in [1.807, 2.05) is 0 Å². The molecule has 0 spiro atoms. The van der Waals surface area contributed by atoms with Gasteiger partial charge in [0.05, 0.1) is 20.3 Å². The molecule has 14 nitrogen and oxygen atoms in total. The van der Waals surface area contributed by atoms with E-state index in [1.54, 1.807) is 4.90 Å². The third-order valence-corrected chi connectivity index (χ3v) is 5.90. The normalized spacial score (nSPS) is 24.3. The van der Waals surface area contributed by atoms with Crippen LogP contribution in [-0.2, 0) is 47.6 Å². The first kappa shape index (κ1) is 30.6. The maximum atomic E-state index is 12.9. The fourth-order valence-electron chi connectivity index (χ4n) is 4.26. The second kappa shape index (κ2) is 13.9. The Morgan fingerprint density at radius 2 is 1.43 bits per heavy atom. The number of amides is 1. The lowest BCUT2D eigenvalue weighted by molar-refractivity contribution is -0.288. The predicted octanol–water partition coefficient (Wildman–Crippen LogP) is 0.630. The van der Waals surface area contributed by atoms with Crippen LogP contribution in [0.5, 0.6) is 11.5 Å². The SMILES string of the molecule is COc1cc(C(=O)N2CCOCC2)ccc1O[C@@H]1O[C@@H](COC(C)=O)[C@H](OC(C)=O)[C@H](OC(C)=O)[C@@H]1OC(C)=O. The molecule has 0 saturated carbocycles. The Bertz CT molecular complexity index is 1100. The second-order valence-electron chi connectivity index (χ2n) is 8.96. The van der Waals surface area contributed by atoms with Crippen molar-refractivity contribution in [3.05, 3.63) is 23.8 Å². The fraction of sp³-hybridized carbons (Fsp3) is 0.577. The van der Waals surface area contributed by atoms with E-state index in [9.17, 15) is 24.0 Å². The van der Waals surface area contributed by atoms with Crippen LogP contribution in [-0.4, -0.2) is 105 Å². The zero-order chi connectivity index (χ0) is 29.4. The molecule has 2 heterocycles. The van der Waals surface area contributed by atoms with Gasteiger partial charge in [-0.25, -0.2) is 0 Å². The summed E-state index contributed by atoms with van der Waals surface area (Å²) in [6, 6.07) is 4.49. The largest absolute Gasteiger partial charge is 0.493 e. The first-order valence-corrected chi connectivity index (χ1v) is 12.5. The van der Waals surface area contributed by atoms with Gasteiger partial charge in [0.15, 0.2) is 23.7 Å². The molecular formula is C26H33NO13. The zero-order valence-corrected chi connectivity index (χ0v) is 22.9. The zero-order valence-electron chi connectivity index (χ0n) is 22.9. The van der Waals surface area contributed by atoms with Crippen LogP contribution in [0, 0.1) is 0 Å². The number of methoxy groups -OCH3 is 1. The number of benzene rings is 1. The molecule has 0 aromatic heterocycles. The van der Waals surface area contributed by atoms with E-state index in [2.05, 4.69) is 0 Å². The molecule has 2 aliphatic rings. The minimum absolute atomic E-state index is 0.0990. The van der Waals surface area contributed by atoms with Crippen LogP contribution < -0.4 is 9.47 Å². The van der Waals surface area contributed by atoms with E-state index < -0.39 is 61.2 Å². The number of carbonyl (C=O) groups is 5. The van der Waals surface area contributed by atoms with Crippen molar-refractivity contribution in [2.75, 3.05) is 40.0 Å². The Hall–Kier alpha value is -3.91. The molecule has 1 amide bonds. The van der Waals surface area contributed by atoms with Crippen molar-refractivity contribution in [2.45, 2.75) is 58.4 Å². The highest BCUT2D eigenvalue weighted by Crippen LogP contribution is 2.35. The number of morpholine rings is 1. The number of rotatable bonds is 9. The standard InChI is InChI=1S/C26H33NO13/c1-14(28)35-13-21-22(36-15(2)29)23(37-16(3)30)24(38-17(4)31)26(40-21)39-19-7-6-18(12-20(19)33-5)25(32)27-8-10-34-11-9-27/h6-7,12,21-24,26H,8-11,13H2,1-5H3/t21-,22-,23-,24-,26+/m0/s1. The predicted molar refractivity (Wildman–Crippen MR) is 132 cm³/mol. The molecule has 0 aliphatic carbocycles. The summed E-state index contributed by atoms with van der Waals surface area (Å²) in [6.45, 7) is 5.92. The minimum Gasteiger partial charge on any atom is -0.493 e. The maximum absolute atomic E-state index is 12.9. The van der Waals surface area contributed by atoms with Crippen LogP contribution in [0.1, 0.15) is 38.1 Å². The number of esters is 4. The molecule has 14 heteroatoms. The lowest BCUT2D eigenvalue weighted by Gasteiger charge is -2.44. The van der Waals surface area contributed by atoms with Gasteiger partial charge in [-0.1, -0.05) is 0 Å². The summed E-state index contributed by atoms with van der Waals surface area (Å²) in [7, 11) is 1.37. The average Bonchev–Trinajstić information content (AvgIpc) is 2.90. The van der Waals surface area contributed by atoms with Gasteiger partial charge in [0, 0.05) is 46.3 Å². The van der Waals surface area contributed by atoms with E-state index in [1.165, 1.54) is 32.2 Å². The summed E-state index contributed by atoms with van der Waals surface area (Å²) in [5.41, 5.74) is 0.340. The van der Waals surface area contributed by atoms with Gasteiger partial charge in [0.1, 0.15) is 12.7 Å². The number of nitrogens with zero attached hydrogens (tertiary/aromatic N) is 1. The van der Waals surface area contributed by atoms with Crippen LogP contribution in [0.15, 0.2) is 18.2 Å². The first-order valence-electron chi connectivity index (χ1n) is 12.5. The van der Waals surface area contributed by atoms with Crippen molar-refractivity contribution >= 4 is 29.8 Å². The first-order chi connectivity index (χ1) is 19.0. The molecule has 1 aromatic carbocycles. The molecule has 1 aromatic rings. The van der Waals surface area contributed by atoms with Gasteiger partial charge in [0.25, 0.3) is 5.91 Å². The fourth-order valence-corrected chi connectivity index (χ4v) is 4.26. The van der Waals surface area contributed by atoms with Crippen LogP contribution in [0.2, 0.25) is 0 Å². The van der Waals surface area contributed by atoms with E-state index in [0.717, 1.165) is 20.8 Å². The van der Waals surface area contributed by atoms with Gasteiger partial charge in [-0.15, -0.1) is 0 Å². The molecule has 40 heavy (non-hydrogen) atoms. The van der Waals surface area contributed by atoms with Gasteiger partial charge in [-0.3, -0.25) is 24.0 Å². The lowest BCUT2D eigenvalue weighted by Crippen LogP contribution is -2.63. The van der Waals surface area contributed by atoms with Crippen molar-refractivity contribution in [3.63, 3.8) is 0 Å². The van der Waals surface area contributed by atoms with Gasteiger partial charge < -0.3 is 42.8 Å². The monoisotopic (exact) mass is 567 g/mol. The Kier molecular flexibility index (Phi) is 10.7. The topological polar surface area (TPSA) is 162 Å². The molecule has 0 bridgehead atoms. The Morgan fingerprint density at radius 3 is 2.00 bits per heavy atom. The maximum Gasteiger partial charge on any atom is 0.303 e. The quantitative estimate of drug-likeness (QED) is 0.302. The van der Waals surface area contributed by atoms with Crippen molar-refractivity contribution < 1.29 is 61.9 Å². The molecule has 0 unspecified atom stereocenters. The minimum atomic E-state index is -1.45. The van der Waals surface area contributed by atoms with E-state index in [4.69, 9.17) is 37.9 Å². The molecule has 220 valence electrons. The Labute approximate surface area is 230 Å². The third-order valence-electron chi connectivity index (χ3n) is 5.90. The van der Waals surface area contributed by atoms with E-state index in [0.29, 0.717) is 31.9 Å². The van der Waals surface area contributed by atoms with E-state index in [-0.39, 0.29) is 17.4 Å². The van der Waals surface area contributed by atoms with Gasteiger partial charge >= 0.3 is 23.9 Å². The van der Waals surface area contributed by atoms with E-state index >= 15 is 0 Å². The van der Waals surface area contributed by atoms with Crippen molar-refractivity contribution in [2.24, 2.45) is 0 Å². The Morgan fingerprint density at radius 1 is 0.825 bits per heavy atom. The highest BCUT2D eigenvalue weighted by molar-refractivity contribution is 5.95. The van der Waals surface area contributed by atoms with Gasteiger partial charge in [0.2, 0.25) is 12.4 Å². The molecule has 5 atom stereocenters. The lowest BCUT2D eigenvalue weighted by atomic mass is 9.98. The molecule has 0 N–H and O–H groups in total. The number of ether oxygens (including phenoxy) is 8. The van der Waals surface area contributed by atoms with Crippen molar-refractivity contribution in [1.29, 1.82) is 0 Å². The average molecular weight is 568 g/mol. The molecular weight excluding hydrogens is 534 g/mol. The summed E-state index contributed by atoms with van der Waals surface area (Å²) in [4.78, 5) is 62.0. The number of hydrogen-bond donors (Lipinski definition) is 0. The summed E-state index contributed by atoms with van der Waals surface area (Å²) < 4.78 is 44.0. The second-order valence-corrected chi connectivity index (χ2v) is 8.96. The van der Waals surface area contributed by atoms with Gasteiger partial charge in [-0.2, -0.15) is 0 Å². The molecule has 3 rings (SSSR count). The molecule has 2 aliphatic heterocycles. The van der Waals surface area contributed by atoms with Crippen LogP contribution in [0.3, 0.4) is 0 Å².